The molecule has 0 aromatic carbocycles. The summed E-state index contributed by atoms with van der Waals surface area (Å²) in [6.07, 6.45) is 3.34. The fraction of sp³-hybridized carbons (Fsp3) is 0.667. The zero-order valence-electron chi connectivity index (χ0n) is 7.76. The summed E-state index contributed by atoms with van der Waals surface area (Å²) in [7, 11) is 4.07. The molecule has 62 valence electrons. The Bertz CT molecular complexity index is 202. The molecule has 0 aliphatic carbocycles. The maximum Gasteiger partial charge on any atom is 0.125 e. The summed E-state index contributed by atoms with van der Waals surface area (Å²) < 4.78 is 0. The van der Waals surface area contributed by atoms with Crippen LogP contribution in [0.5, 0.6) is 0 Å². The first-order chi connectivity index (χ1) is 5.11. The largest absolute Gasteiger partial charge is 0.363 e. The molecule has 0 fully saturated rings. The van der Waals surface area contributed by atoms with E-state index in [0.717, 1.165) is 12.3 Å². The van der Waals surface area contributed by atoms with Crippen molar-refractivity contribution in [1.29, 1.82) is 0 Å². The van der Waals surface area contributed by atoms with Gasteiger partial charge in [0.2, 0.25) is 0 Å². The lowest BCUT2D eigenvalue weighted by Crippen LogP contribution is -2.26. The first kappa shape index (κ1) is 8.31. The predicted molar refractivity (Wildman–Crippen MR) is 49.0 cm³/mol. The van der Waals surface area contributed by atoms with Crippen LogP contribution in [0.3, 0.4) is 0 Å². The van der Waals surface area contributed by atoms with E-state index in [1.807, 2.05) is 14.1 Å². The lowest BCUT2D eigenvalue weighted by atomic mass is 10.1. The number of amidine groups is 1. The van der Waals surface area contributed by atoms with Crippen molar-refractivity contribution in [3.8, 4) is 0 Å². The molecule has 0 radical (unpaired) electrons. The van der Waals surface area contributed by atoms with Gasteiger partial charge in [-0.3, -0.25) is 4.99 Å². The van der Waals surface area contributed by atoms with Gasteiger partial charge in [-0.15, -0.1) is 0 Å². The summed E-state index contributed by atoms with van der Waals surface area (Å²) in [5, 5.41) is 0. The van der Waals surface area contributed by atoms with Crippen LogP contribution in [0, 0.1) is 0 Å². The third-order valence-electron chi connectivity index (χ3n) is 1.88. The molecule has 1 heterocycles. The monoisotopic (exact) mass is 152 g/mol. The van der Waals surface area contributed by atoms with E-state index in [-0.39, 0.29) is 0 Å². The van der Waals surface area contributed by atoms with E-state index in [4.69, 9.17) is 0 Å². The zero-order chi connectivity index (χ0) is 8.43. The Kier molecular flexibility index (Phi) is 2.32. The number of nitrogens with zero attached hydrogens (tertiary/aromatic N) is 2. The van der Waals surface area contributed by atoms with Crippen LogP contribution in [-0.4, -0.2) is 30.9 Å². The van der Waals surface area contributed by atoms with Crippen LogP contribution >= 0.6 is 0 Å². The van der Waals surface area contributed by atoms with Crippen molar-refractivity contribution in [3.05, 3.63) is 11.6 Å². The summed E-state index contributed by atoms with van der Waals surface area (Å²) >= 11 is 0. The second-order valence-corrected chi connectivity index (χ2v) is 3.32. The van der Waals surface area contributed by atoms with Crippen molar-refractivity contribution >= 4 is 5.84 Å². The molecule has 0 amide bonds. The minimum Gasteiger partial charge on any atom is -0.363 e. The zero-order valence-corrected chi connectivity index (χ0v) is 7.76. The molecule has 0 saturated heterocycles. The van der Waals surface area contributed by atoms with Gasteiger partial charge >= 0.3 is 0 Å². The van der Waals surface area contributed by atoms with Crippen LogP contribution in [0.1, 0.15) is 20.3 Å². The molecule has 1 rings (SSSR count). The summed E-state index contributed by atoms with van der Waals surface area (Å²) in [5.74, 6) is 1.13. The van der Waals surface area contributed by atoms with Crippen molar-refractivity contribution in [2.45, 2.75) is 26.3 Å². The lowest BCUT2D eigenvalue weighted by molar-refractivity contribution is 0.597. The smallest absolute Gasteiger partial charge is 0.125 e. The molecule has 1 atom stereocenters. The van der Waals surface area contributed by atoms with Crippen LogP contribution in [0.4, 0.5) is 0 Å². The van der Waals surface area contributed by atoms with Crippen molar-refractivity contribution < 1.29 is 0 Å². The SMILES string of the molecule is CC1=CC[C@H](C)N=C1N(C)C. The highest BCUT2D eigenvalue weighted by molar-refractivity contribution is 5.98. The van der Waals surface area contributed by atoms with Gasteiger partial charge in [-0.2, -0.15) is 0 Å². The lowest BCUT2D eigenvalue weighted by Gasteiger charge is -2.22. The number of dihydropyridines is 1. The van der Waals surface area contributed by atoms with Gasteiger partial charge in [0.1, 0.15) is 5.84 Å². The number of hydrogen-bond acceptors (Lipinski definition) is 2. The highest BCUT2D eigenvalue weighted by Gasteiger charge is 2.11. The van der Waals surface area contributed by atoms with Gasteiger partial charge in [-0.05, 0) is 25.8 Å². The highest BCUT2D eigenvalue weighted by atomic mass is 15.1. The van der Waals surface area contributed by atoms with E-state index < -0.39 is 0 Å². The Hall–Kier alpha value is -0.790. The Labute approximate surface area is 68.6 Å². The Balaban J connectivity index is 2.81. The number of likely N-dealkylation sites (N-methyl/N-ethyl adjacent to an activating group) is 1. The van der Waals surface area contributed by atoms with Crippen LogP contribution < -0.4 is 0 Å². The maximum absolute atomic E-state index is 4.54. The van der Waals surface area contributed by atoms with Crippen LogP contribution in [0.2, 0.25) is 0 Å². The summed E-state index contributed by atoms with van der Waals surface area (Å²) in [6, 6.07) is 0.455. The van der Waals surface area contributed by atoms with Crippen LogP contribution in [0.15, 0.2) is 16.6 Å². The van der Waals surface area contributed by atoms with E-state index in [1.54, 1.807) is 0 Å². The van der Waals surface area contributed by atoms with Gasteiger partial charge in [0.05, 0.1) is 6.04 Å². The van der Waals surface area contributed by atoms with Crippen molar-refractivity contribution in [2.24, 2.45) is 4.99 Å². The average Bonchev–Trinajstić information content (AvgIpc) is 1.94. The molecule has 0 saturated carbocycles. The Morgan fingerprint density at radius 2 is 2.18 bits per heavy atom. The first-order valence-corrected chi connectivity index (χ1v) is 4.03. The number of rotatable bonds is 0. The quantitative estimate of drug-likeness (QED) is 0.515. The van der Waals surface area contributed by atoms with E-state index in [0.29, 0.717) is 6.04 Å². The second-order valence-electron chi connectivity index (χ2n) is 3.32. The molecule has 2 nitrogen and oxygen atoms in total. The number of hydrogen-bond donors (Lipinski definition) is 0. The molecule has 1 aliphatic heterocycles. The molecule has 0 aromatic heterocycles. The standard InChI is InChI=1S/C9H16N2/c1-7-5-6-8(2)10-9(7)11(3)4/h5,8H,6H2,1-4H3/t8-/m0/s1. The minimum atomic E-state index is 0.455. The van der Waals surface area contributed by atoms with E-state index in [1.165, 1.54) is 5.57 Å². The molecule has 11 heavy (non-hydrogen) atoms. The van der Waals surface area contributed by atoms with Crippen molar-refractivity contribution in [3.63, 3.8) is 0 Å². The molecule has 0 unspecified atom stereocenters. The second kappa shape index (κ2) is 3.07. The summed E-state index contributed by atoms with van der Waals surface area (Å²) in [4.78, 5) is 6.61. The predicted octanol–water partition coefficient (Wildman–Crippen LogP) is 1.69. The van der Waals surface area contributed by atoms with Gasteiger partial charge in [-0.25, -0.2) is 0 Å². The highest BCUT2D eigenvalue weighted by Crippen LogP contribution is 2.13. The molecule has 0 bridgehead atoms. The van der Waals surface area contributed by atoms with Gasteiger partial charge in [0.15, 0.2) is 0 Å². The third kappa shape index (κ3) is 1.82. The van der Waals surface area contributed by atoms with Crippen molar-refractivity contribution in [1.82, 2.24) is 4.90 Å². The fourth-order valence-corrected chi connectivity index (χ4v) is 1.27. The molecule has 0 spiro atoms. The first-order valence-electron chi connectivity index (χ1n) is 4.03. The van der Waals surface area contributed by atoms with Crippen molar-refractivity contribution in [2.75, 3.05) is 14.1 Å². The average molecular weight is 152 g/mol. The maximum atomic E-state index is 4.54. The Morgan fingerprint density at radius 3 is 2.64 bits per heavy atom. The van der Waals surface area contributed by atoms with Gasteiger partial charge in [0, 0.05) is 14.1 Å². The molecule has 0 N–H and O–H groups in total. The molecule has 1 aliphatic rings. The summed E-state index contributed by atoms with van der Waals surface area (Å²) in [5.41, 5.74) is 1.30. The summed E-state index contributed by atoms with van der Waals surface area (Å²) in [6.45, 7) is 4.26. The van der Waals surface area contributed by atoms with Gasteiger partial charge in [0.25, 0.3) is 0 Å². The van der Waals surface area contributed by atoms with Gasteiger partial charge in [-0.1, -0.05) is 6.08 Å². The third-order valence-corrected chi connectivity index (χ3v) is 1.88. The molecule has 2 heteroatoms. The van der Waals surface area contributed by atoms with E-state index in [9.17, 15) is 0 Å². The van der Waals surface area contributed by atoms with E-state index >= 15 is 0 Å². The molecular weight excluding hydrogens is 136 g/mol. The van der Waals surface area contributed by atoms with Crippen LogP contribution in [0.25, 0.3) is 0 Å². The fourth-order valence-electron chi connectivity index (χ4n) is 1.27. The Morgan fingerprint density at radius 1 is 1.55 bits per heavy atom. The molecule has 0 aromatic rings. The normalized spacial score (nSPS) is 24.2. The minimum absolute atomic E-state index is 0.455. The number of aliphatic imine (C=N–C) groups is 1. The van der Waals surface area contributed by atoms with Gasteiger partial charge < -0.3 is 4.90 Å². The van der Waals surface area contributed by atoms with Crippen LogP contribution in [-0.2, 0) is 0 Å². The van der Waals surface area contributed by atoms with E-state index in [2.05, 4.69) is 29.8 Å². The molecular formula is C9H16N2. The topological polar surface area (TPSA) is 15.6 Å².